The van der Waals surface area contributed by atoms with Gasteiger partial charge in [-0.2, -0.15) is 0 Å². The normalized spacial score (nSPS) is 21.6. The van der Waals surface area contributed by atoms with Gasteiger partial charge in [-0.25, -0.2) is 4.68 Å². The molecule has 21 heavy (non-hydrogen) atoms. The van der Waals surface area contributed by atoms with E-state index in [9.17, 15) is 0 Å². The van der Waals surface area contributed by atoms with Crippen molar-refractivity contribution < 1.29 is 9.47 Å². The lowest BCUT2D eigenvalue weighted by atomic mass is 10.0. The predicted molar refractivity (Wildman–Crippen MR) is 77.9 cm³/mol. The lowest BCUT2D eigenvalue weighted by molar-refractivity contribution is 0.155. The van der Waals surface area contributed by atoms with Gasteiger partial charge in [0.1, 0.15) is 5.75 Å². The van der Waals surface area contributed by atoms with Gasteiger partial charge in [0.15, 0.2) is 5.82 Å². The van der Waals surface area contributed by atoms with Crippen molar-refractivity contribution in [1.82, 2.24) is 20.2 Å². The van der Waals surface area contributed by atoms with Crippen molar-refractivity contribution in [3.63, 3.8) is 0 Å². The highest BCUT2D eigenvalue weighted by molar-refractivity contribution is 5.66. The molecule has 0 spiro atoms. The number of anilines is 1. The fourth-order valence-corrected chi connectivity index (χ4v) is 2.53. The SMILES string of the molecule is CCOc1ccc(-c2nnnn2C2(C)CCOC2)cc1N. The second kappa shape index (κ2) is 5.33. The third-order valence-corrected chi connectivity index (χ3v) is 3.75. The largest absolute Gasteiger partial charge is 0.492 e. The summed E-state index contributed by atoms with van der Waals surface area (Å²) in [4.78, 5) is 0. The number of nitrogens with zero attached hydrogens (tertiary/aromatic N) is 4. The molecule has 1 saturated heterocycles. The summed E-state index contributed by atoms with van der Waals surface area (Å²) in [6, 6.07) is 5.61. The molecule has 0 saturated carbocycles. The Labute approximate surface area is 123 Å². The van der Waals surface area contributed by atoms with Crippen LogP contribution in [0.4, 0.5) is 5.69 Å². The Hall–Kier alpha value is -2.15. The third kappa shape index (κ3) is 2.44. The number of hydrogen-bond acceptors (Lipinski definition) is 6. The van der Waals surface area contributed by atoms with Crippen LogP contribution in [-0.2, 0) is 10.3 Å². The van der Waals surface area contributed by atoms with Crippen molar-refractivity contribution in [3.8, 4) is 17.1 Å². The fourth-order valence-electron chi connectivity index (χ4n) is 2.53. The zero-order chi connectivity index (χ0) is 14.9. The standard InChI is InChI=1S/C14H19N5O2/c1-3-21-12-5-4-10(8-11(12)15)13-16-17-18-19(13)14(2)6-7-20-9-14/h4-5,8H,3,6-7,9,15H2,1-2H3. The number of tetrazole rings is 1. The topological polar surface area (TPSA) is 88.1 Å². The van der Waals surface area contributed by atoms with Crippen molar-refractivity contribution in [2.45, 2.75) is 25.8 Å². The molecule has 1 unspecified atom stereocenters. The lowest BCUT2D eigenvalue weighted by Crippen LogP contribution is -2.32. The zero-order valence-electron chi connectivity index (χ0n) is 12.2. The van der Waals surface area contributed by atoms with Crippen LogP contribution in [0.15, 0.2) is 18.2 Å². The summed E-state index contributed by atoms with van der Waals surface area (Å²) in [5, 5.41) is 12.1. The van der Waals surface area contributed by atoms with Crippen molar-refractivity contribution in [3.05, 3.63) is 18.2 Å². The monoisotopic (exact) mass is 289 g/mol. The van der Waals surface area contributed by atoms with Gasteiger partial charge < -0.3 is 15.2 Å². The van der Waals surface area contributed by atoms with E-state index in [4.69, 9.17) is 15.2 Å². The summed E-state index contributed by atoms with van der Waals surface area (Å²) in [6.07, 6.45) is 0.886. The molecule has 1 aliphatic heterocycles. The van der Waals surface area contributed by atoms with E-state index in [1.807, 2.05) is 29.8 Å². The Bertz CT molecular complexity index is 634. The van der Waals surface area contributed by atoms with Crippen LogP contribution in [0.1, 0.15) is 20.3 Å². The summed E-state index contributed by atoms with van der Waals surface area (Å²) in [7, 11) is 0. The van der Waals surface area contributed by atoms with Crippen molar-refractivity contribution in [1.29, 1.82) is 0 Å². The van der Waals surface area contributed by atoms with Gasteiger partial charge in [-0.05, 0) is 48.9 Å². The number of aromatic nitrogens is 4. The maximum atomic E-state index is 6.02. The minimum atomic E-state index is -0.216. The molecule has 3 rings (SSSR count). The van der Waals surface area contributed by atoms with Gasteiger partial charge >= 0.3 is 0 Å². The van der Waals surface area contributed by atoms with Crippen LogP contribution in [0.3, 0.4) is 0 Å². The minimum absolute atomic E-state index is 0.216. The fraction of sp³-hybridized carbons (Fsp3) is 0.500. The first-order chi connectivity index (χ1) is 10.1. The van der Waals surface area contributed by atoms with E-state index in [0.717, 1.165) is 18.6 Å². The summed E-state index contributed by atoms with van der Waals surface area (Å²) >= 11 is 0. The van der Waals surface area contributed by atoms with Crippen LogP contribution >= 0.6 is 0 Å². The van der Waals surface area contributed by atoms with E-state index in [0.29, 0.717) is 30.5 Å². The Morgan fingerprint density at radius 3 is 3.00 bits per heavy atom. The Kier molecular flexibility index (Phi) is 3.50. The molecule has 2 N–H and O–H groups in total. The minimum Gasteiger partial charge on any atom is -0.492 e. The van der Waals surface area contributed by atoms with Crippen LogP contribution in [0.5, 0.6) is 5.75 Å². The van der Waals surface area contributed by atoms with E-state index in [-0.39, 0.29) is 5.54 Å². The second-order valence-electron chi connectivity index (χ2n) is 5.40. The quantitative estimate of drug-likeness (QED) is 0.857. The maximum absolute atomic E-state index is 6.02. The molecule has 1 aromatic carbocycles. The highest BCUT2D eigenvalue weighted by atomic mass is 16.5. The van der Waals surface area contributed by atoms with Crippen LogP contribution in [0.25, 0.3) is 11.4 Å². The smallest absolute Gasteiger partial charge is 0.182 e. The summed E-state index contributed by atoms with van der Waals surface area (Å²) in [5.41, 5.74) is 7.26. The van der Waals surface area contributed by atoms with Gasteiger partial charge in [0.05, 0.1) is 24.4 Å². The van der Waals surface area contributed by atoms with Gasteiger partial charge in [-0.1, -0.05) is 0 Å². The first-order valence-electron chi connectivity index (χ1n) is 7.03. The molecule has 7 heteroatoms. The lowest BCUT2D eigenvalue weighted by Gasteiger charge is -2.23. The Morgan fingerprint density at radius 2 is 2.33 bits per heavy atom. The van der Waals surface area contributed by atoms with E-state index in [1.54, 1.807) is 0 Å². The average Bonchev–Trinajstić information content (AvgIpc) is 3.11. The number of hydrogen-bond donors (Lipinski definition) is 1. The Balaban J connectivity index is 1.98. The summed E-state index contributed by atoms with van der Waals surface area (Å²) in [5.74, 6) is 1.37. The summed E-state index contributed by atoms with van der Waals surface area (Å²) in [6.45, 7) is 5.93. The molecule has 7 nitrogen and oxygen atoms in total. The van der Waals surface area contributed by atoms with Crippen LogP contribution < -0.4 is 10.5 Å². The van der Waals surface area contributed by atoms with Crippen molar-refractivity contribution >= 4 is 5.69 Å². The molecule has 112 valence electrons. The molecule has 1 fully saturated rings. The van der Waals surface area contributed by atoms with Gasteiger partial charge in [0.25, 0.3) is 0 Å². The van der Waals surface area contributed by atoms with Gasteiger partial charge in [0.2, 0.25) is 0 Å². The average molecular weight is 289 g/mol. The first-order valence-corrected chi connectivity index (χ1v) is 7.03. The number of benzene rings is 1. The highest BCUT2D eigenvalue weighted by Crippen LogP contribution is 2.32. The van der Waals surface area contributed by atoms with E-state index >= 15 is 0 Å². The predicted octanol–water partition coefficient (Wildman–Crippen LogP) is 1.46. The molecular formula is C14H19N5O2. The molecule has 0 aliphatic carbocycles. The number of rotatable bonds is 4. The molecular weight excluding hydrogens is 270 g/mol. The first kappa shape index (κ1) is 13.8. The molecule has 1 aliphatic rings. The molecule has 0 bridgehead atoms. The van der Waals surface area contributed by atoms with Crippen molar-refractivity contribution in [2.75, 3.05) is 25.6 Å². The van der Waals surface area contributed by atoms with E-state index in [2.05, 4.69) is 22.4 Å². The van der Waals surface area contributed by atoms with Crippen LogP contribution in [-0.4, -0.2) is 40.0 Å². The van der Waals surface area contributed by atoms with Crippen LogP contribution in [0.2, 0.25) is 0 Å². The third-order valence-electron chi connectivity index (χ3n) is 3.75. The van der Waals surface area contributed by atoms with Gasteiger partial charge in [0, 0.05) is 12.2 Å². The molecule has 0 radical (unpaired) electrons. The molecule has 2 heterocycles. The zero-order valence-corrected chi connectivity index (χ0v) is 12.2. The second-order valence-corrected chi connectivity index (χ2v) is 5.40. The highest BCUT2D eigenvalue weighted by Gasteiger charge is 2.35. The van der Waals surface area contributed by atoms with E-state index < -0.39 is 0 Å². The van der Waals surface area contributed by atoms with Gasteiger partial charge in [-0.15, -0.1) is 5.10 Å². The number of ether oxygens (including phenoxy) is 2. The van der Waals surface area contributed by atoms with E-state index in [1.165, 1.54) is 0 Å². The Morgan fingerprint density at radius 1 is 1.48 bits per heavy atom. The van der Waals surface area contributed by atoms with Gasteiger partial charge in [-0.3, -0.25) is 0 Å². The number of nitrogen functional groups attached to an aromatic ring is 1. The van der Waals surface area contributed by atoms with Crippen LogP contribution in [0, 0.1) is 0 Å². The molecule has 1 aromatic heterocycles. The van der Waals surface area contributed by atoms with Crippen molar-refractivity contribution in [2.24, 2.45) is 0 Å². The maximum Gasteiger partial charge on any atom is 0.182 e. The molecule has 2 aromatic rings. The molecule has 1 atom stereocenters. The summed E-state index contributed by atoms with van der Waals surface area (Å²) < 4.78 is 12.8. The number of nitrogens with two attached hydrogens (primary N) is 1. The molecule has 0 amide bonds.